The summed E-state index contributed by atoms with van der Waals surface area (Å²) in [6.07, 6.45) is 0. The van der Waals surface area contributed by atoms with Crippen LogP contribution < -0.4 is 4.90 Å². The molecule has 0 radical (unpaired) electrons. The van der Waals surface area contributed by atoms with Crippen LogP contribution in [0.15, 0.2) is 182 Å². The van der Waals surface area contributed by atoms with Crippen molar-refractivity contribution in [2.24, 2.45) is 0 Å². The summed E-state index contributed by atoms with van der Waals surface area (Å²) in [5.41, 5.74) is 9.26. The van der Waals surface area contributed by atoms with Gasteiger partial charge in [0.05, 0.1) is 16.7 Å². The Morgan fingerprint density at radius 2 is 1.12 bits per heavy atom. The normalized spacial score (nSPS) is 11.7. The molecule has 0 saturated heterocycles. The SMILES string of the molecule is c1ccc(-c2cccc(N(c3ccc4c(ccc5sc6ccccc6c54)c3)c3cccc4c5ccccc5n(-c5ccccc5)c34)c2)cc1. The summed E-state index contributed by atoms with van der Waals surface area (Å²) in [6, 6.07) is 66.2. The monoisotopic (exact) mass is 642 g/mol. The molecular weight excluding hydrogens is 613 g/mol. The minimum atomic E-state index is 1.11. The Kier molecular flexibility index (Phi) is 6.39. The molecule has 2 heterocycles. The maximum absolute atomic E-state index is 2.45. The molecule has 0 spiro atoms. The summed E-state index contributed by atoms with van der Waals surface area (Å²) in [7, 11) is 0. The Morgan fingerprint density at radius 1 is 0.429 bits per heavy atom. The van der Waals surface area contributed by atoms with Gasteiger partial charge in [0.15, 0.2) is 0 Å². The molecule has 49 heavy (non-hydrogen) atoms. The largest absolute Gasteiger partial charge is 0.308 e. The smallest absolute Gasteiger partial charge is 0.0782 e. The molecule has 8 aromatic carbocycles. The first-order valence-corrected chi connectivity index (χ1v) is 17.5. The third-order valence-electron chi connectivity index (χ3n) is 9.74. The van der Waals surface area contributed by atoms with E-state index in [1.807, 2.05) is 11.3 Å². The molecule has 0 bridgehead atoms. The van der Waals surface area contributed by atoms with Crippen LogP contribution in [0.4, 0.5) is 17.1 Å². The first kappa shape index (κ1) is 27.9. The molecule has 2 aromatic heterocycles. The molecule has 2 nitrogen and oxygen atoms in total. The van der Waals surface area contributed by atoms with Gasteiger partial charge in [-0.25, -0.2) is 0 Å². The Hall–Kier alpha value is -6.16. The molecule has 0 aliphatic carbocycles. The van der Waals surface area contributed by atoms with Gasteiger partial charge in [0.1, 0.15) is 0 Å². The number of hydrogen-bond donors (Lipinski definition) is 0. The summed E-state index contributed by atoms with van der Waals surface area (Å²) < 4.78 is 5.08. The lowest BCUT2D eigenvalue weighted by molar-refractivity contribution is 1.17. The molecule has 0 atom stereocenters. The third-order valence-corrected chi connectivity index (χ3v) is 10.9. The number of anilines is 3. The maximum Gasteiger partial charge on any atom is 0.0782 e. The van der Waals surface area contributed by atoms with Crippen molar-refractivity contribution in [1.82, 2.24) is 4.57 Å². The van der Waals surface area contributed by atoms with Gasteiger partial charge in [0, 0.05) is 48.0 Å². The highest BCUT2D eigenvalue weighted by atomic mass is 32.1. The van der Waals surface area contributed by atoms with Gasteiger partial charge in [-0.2, -0.15) is 0 Å². The molecule has 10 aromatic rings. The van der Waals surface area contributed by atoms with Crippen molar-refractivity contribution in [1.29, 1.82) is 0 Å². The van der Waals surface area contributed by atoms with Crippen LogP contribution in [-0.4, -0.2) is 4.57 Å². The second-order valence-electron chi connectivity index (χ2n) is 12.6. The van der Waals surface area contributed by atoms with E-state index in [4.69, 9.17) is 0 Å². The standard InChI is InChI=1S/C46H30N2S/c1-3-13-31(14-4-1)32-15-11-18-35(29-32)47(36-26-27-37-33(30-36)25-28-44-45(37)40-20-8-10-24-43(40)49-44)42-23-12-21-39-38-19-7-9-22-41(38)48(46(39)42)34-16-5-2-6-17-34/h1-30H. The minimum Gasteiger partial charge on any atom is -0.308 e. The third kappa shape index (κ3) is 4.47. The number of aromatic nitrogens is 1. The van der Waals surface area contributed by atoms with Gasteiger partial charge >= 0.3 is 0 Å². The van der Waals surface area contributed by atoms with Crippen LogP contribution in [0.5, 0.6) is 0 Å². The van der Waals surface area contributed by atoms with Crippen LogP contribution in [0.1, 0.15) is 0 Å². The Labute approximate surface area is 288 Å². The lowest BCUT2D eigenvalue weighted by Crippen LogP contribution is -2.12. The van der Waals surface area contributed by atoms with Gasteiger partial charge in [0.2, 0.25) is 0 Å². The Morgan fingerprint density at radius 3 is 2.00 bits per heavy atom. The van der Waals surface area contributed by atoms with Crippen molar-refractivity contribution in [3.05, 3.63) is 182 Å². The topological polar surface area (TPSA) is 8.17 Å². The summed E-state index contributed by atoms with van der Waals surface area (Å²) in [5, 5.41) is 7.65. The fraction of sp³-hybridized carbons (Fsp3) is 0. The number of hydrogen-bond acceptors (Lipinski definition) is 2. The molecule has 0 saturated carbocycles. The summed E-state index contributed by atoms with van der Waals surface area (Å²) >= 11 is 1.87. The number of para-hydroxylation sites is 3. The lowest BCUT2D eigenvalue weighted by Gasteiger charge is -2.28. The molecule has 0 aliphatic rings. The minimum absolute atomic E-state index is 1.11. The van der Waals surface area contributed by atoms with Gasteiger partial charge in [-0.05, 0) is 82.6 Å². The highest BCUT2D eigenvalue weighted by Crippen LogP contribution is 2.46. The number of nitrogens with zero attached hydrogens (tertiary/aromatic N) is 2. The zero-order chi connectivity index (χ0) is 32.3. The van der Waals surface area contributed by atoms with Crippen LogP contribution in [0.2, 0.25) is 0 Å². The van der Waals surface area contributed by atoms with E-state index in [9.17, 15) is 0 Å². The van der Waals surface area contributed by atoms with Crippen molar-refractivity contribution < 1.29 is 0 Å². The first-order valence-electron chi connectivity index (χ1n) is 16.7. The van der Waals surface area contributed by atoms with Gasteiger partial charge in [-0.3, -0.25) is 0 Å². The molecule has 10 rings (SSSR count). The fourth-order valence-electron chi connectivity index (χ4n) is 7.59. The van der Waals surface area contributed by atoms with Crippen molar-refractivity contribution in [2.75, 3.05) is 4.90 Å². The molecule has 0 aliphatic heterocycles. The average Bonchev–Trinajstić information content (AvgIpc) is 3.72. The summed E-state index contributed by atoms with van der Waals surface area (Å²) in [5.74, 6) is 0. The van der Waals surface area contributed by atoms with Crippen molar-refractivity contribution in [3.8, 4) is 16.8 Å². The first-order chi connectivity index (χ1) is 24.3. The van der Waals surface area contributed by atoms with Crippen molar-refractivity contribution in [2.45, 2.75) is 0 Å². The highest BCUT2D eigenvalue weighted by molar-refractivity contribution is 7.26. The van der Waals surface area contributed by atoms with E-state index < -0.39 is 0 Å². The van der Waals surface area contributed by atoms with Crippen LogP contribution in [0.25, 0.3) is 69.6 Å². The van der Waals surface area contributed by atoms with E-state index in [0.29, 0.717) is 0 Å². The number of fused-ring (bicyclic) bond motifs is 8. The number of rotatable bonds is 5. The van der Waals surface area contributed by atoms with Gasteiger partial charge < -0.3 is 9.47 Å². The van der Waals surface area contributed by atoms with Crippen LogP contribution in [0.3, 0.4) is 0 Å². The molecule has 3 heteroatoms. The van der Waals surface area contributed by atoms with Gasteiger partial charge in [-0.15, -0.1) is 11.3 Å². The van der Waals surface area contributed by atoms with E-state index >= 15 is 0 Å². The lowest BCUT2D eigenvalue weighted by atomic mass is 10.0. The van der Waals surface area contributed by atoms with E-state index in [2.05, 4.69) is 191 Å². The Balaban J connectivity index is 1.28. The quantitative estimate of drug-likeness (QED) is 0.181. The maximum atomic E-state index is 2.45. The number of thiophene rings is 1. The van der Waals surface area contributed by atoms with Gasteiger partial charge in [0.25, 0.3) is 0 Å². The molecule has 0 amide bonds. The van der Waals surface area contributed by atoms with Crippen LogP contribution in [0, 0.1) is 0 Å². The van der Waals surface area contributed by atoms with Crippen molar-refractivity contribution >= 4 is 81.1 Å². The van der Waals surface area contributed by atoms with Crippen LogP contribution >= 0.6 is 11.3 Å². The fourth-order valence-corrected chi connectivity index (χ4v) is 8.71. The van der Waals surface area contributed by atoms with E-state index in [1.54, 1.807) is 0 Å². The molecule has 0 fully saturated rings. The molecular formula is C46H30N2S. The average molecular weight is 643 g/mol. The second-order valence-corrected chi connectivity index (χ2v) is 13.6. The predicted octanol–water partition coefficient (Wildman–Crippen LogP) is 13.4. The molecule has 0 N–H and O–H groups in total. The Bertz CT molecular complexity index is 2830. The van der Waals surface area contributed by atoms with Crippen molar-refractivity contribution in [3.63, 3.8) is 0 Å². The van der Waals surface area contributed by atoms with Crippen LogP contribution in [-0.2, 0) is 0 Å². The van der Waals surface area contributed by atoms with E-state index in [-0.39, 0.29) is 0 Å². The highest BCUT2D eigenvalue weighted by Gasteiger charge is 2.22. The predicted molar refractivity (Wildman–Crippen MR) is 211 cm³/mol. The summed E-state index contributed by atoms with van der Waals surface area (Å²) in [6.45, 7) is 0. The number of benzene rings is 8. The summed E-state index contributed by atoms with van der Waals surface area (Å²) in [4.78, 5) is 2.45. The van der Waals surface area contributed by atoms with E-state index in [0.717, 1.165) is 22.7 Å². The second kappa shape index (κ2) is 11.2. The molecule has 0 unspecified atom stereocenters. The van der Waals surface area contributed by atoms with Gasteiger partial charge in [-0.1, -0.05) is 121 Å². The zero-order valence-electron chi connectivity index (χ0n) is 26.6. The van der Waals surface area contributed by atoms with E-state index in [1.165, 1.54) is 63.9 Å². The molecule has 230 valence electrons. The zero-order valence-corrected chi connectivity index (χ0v) is 27.4.